The number of nitrogens with zero attached hydrogens (tertiary/aromatic N) is 1. The number of hydrogen-bond acceptors (Lipinski definition) is 2. The highest BCUT2D eigenvalue weighted by molar-refractivity contribution is 7.80. The minimum Gasteiger partial charge on any atom is -0.375 e. The largest absolute Gasteiger partial charge is 0.375 e. The van der Waals surface area contributed by atoms with Crippen LogP contribution in [0.25, 0.3) is 0 Å². The second-order valence-corrected chi connectivity index (χ2v) is 2.56. The third-order valence-electron chi connectivity index (χ3n) is 1.21. The minimum atomic E-state index is 0.128. The quantitative estimate of drug-likeness (QED) is 0.351. The number of nitrogens with one attached hydrogen (secondary N) is 2. The Morgan fingerprint density at radius 3 is 3.00 bits per heavy atom. The van der Waals surface area contributed by atoms with E-state index in [1.54, 1.807) is 6.20 Å². The van der Waals surface area contributed by atoms with Gasteiger partial charge in [0.2, 0.25) is 0 Å². The molecule has 1 radical (unpaired) electrons. The van der Waals surface area contributed by atoms with Crippen molar-refractivity contribution in [3.05, 3.63) is 30.9 Å². The van der Waals surface area contributed by atoms with Crippen LogP contribution in [0.5, 0.6) is 0 Å². The predicted molar refractivity (Wildman–Crippen MR) is 52.6 cm³/mol. The van der Waals surface area contributed by atoms with Gasteiger partial charge in [-0.2, -0.15) is 5.10 Å². The Morgan fingerprint density at radius 1 is 1.75 bits per heavy atom. The van der Waals surface area contributed by atoms with E-state index in [0.717, 1.165) is 5.69 Å². The summed E-state index contributed by atoms with van der Waals surface area (Å²) in [5, 5.41) is 3.95. The highest BCUT2D eigenvalue weighted by Crippen LogP contribution is 1.95. The fourth-order valence-corrected chi connectivity index (χ4v) is 0.738. The molecule has 0 atom stereocenters. The van der Waals surface area contributed by atoms with Gasteiger partial charge in [-0.15, -0.1) is 0 Å². The van der Waals surface area contributed by atoms with Crippen LogP contribution in [0, 0.1) is 6.92 Å². The molecule has 0 amide bonds. The van der Waals surface area contributed by atoms with Crippen molar-refractivity contribution < 1.29 is 0 Å². The van der Waals surface area contributed by atoms with Gasteiger partial charge in [-0.25, -0.2) is 0 Å². The summed E-state index contributed by atoms with van der Waals surface area (Å²) in [4.78, 5) is 2.94. The maximum atomic E-state index is 5.17. The predicted octanol–water partition coefficient (Wildman–Crippen LogP) is 0.386. The van der Waals surface area contributed by atoms with Gasteiger partial charge >= 0.3 is 0 Å². The first-order chi connectivity index (χ1) is 5.70. The second-order valence-electron chi connectivity index (χ2n) is 2.12. The van der Waals surface area contributed by atoms with Crippen molar-refractivity contribution in [1.82, 2.24) is 10.4 Å². The van der Waals surface area contributed by atoms with Crippen molar-refractivity contribution in [3.63, 3.8) is 0 Å². The summed E-state index contributed by atoms with van der Waals surface area (Å²) in [7, 11) is 0. The van der Waals surface area contributed by atoms with Crippen LogP contribution in [0.3, 0.4) is 0 Å². The first kappa shape index (κ1) is 8.73. The maximum absolute atomic E-state index is 5.17. The van der Waals surface area contributed by atoms with Crippen molar-refractivity contribution in [2.45, 2.75) is 0 Å². The summed E-state index contributed by atoms with van der Waals surface area (Å²) in [5.74, 6) is 0. The average molecular weight is 181 g/mol. The molecule has 5 heteroatoms. The zero-order valence-electron chi connectivity index (χ0n) is 6.37. The fourth-order valence-electron chi connectivity index (χ4n) is 0.693. The van der Waals surface area contributed by atoms with Crippen LogP contribution in [0.2, 0.25) is 0 Å². The molecule has 0 aliphatic carbocycles. The fraction of sp³-hybridized carbons (Fsp3) is 0. The van der Waals surface area contributed by atoms with E-state index >= 15 is 0 Å². The van der Waals surface area contributed by atoms with E-state index in [1.165, 1.54) is 0 Å². The lowest BCUT2D eigenvalue weighted by Crippen LogP contribution is -2.25. The molecule has 0 unspecified atom stereocenters. The SMILES string of the molecule is [CH2]/C(=N\NC(N)=S)c1ccc[nH]1. The Bertz CT molecular complexity index is 288. The third kappa shape index (κ3) is 2.35. The molecule has 1 aromatic heterocycles. The van der Waals surface area contributed by atoms with Gasteiger partial charge in [0.25, 0.3) is 0 Å². The maximum Gasteiger partial charge on any atom is 0.184 e. The van der Waals surface area contributed by atoms with Gasteiger partial charge < -0.3 is 10.7 Å². The molecular formula is C7H9N4S. The number of thiocarbonyl (C=S) groups is 1. The standard InChI is InChI=1S/C7H9N4S/c1-5(10-11-7(8)12)6-3-2-4-9-6/h2-4,9H,1H2,(H3,8,11,12)/b10-5+. The minimum absolute atomic E-state index is 0.128. The highest BCUT2D eigenvalue weighted by atomic mass is 32.1. The van der Waals surface area contributed by atoms with E-state index in [4.69, 9.17) is 5.73 Å². The molecular weight excluding hydrogens is 172 g/mol. The number of nitrogens with two attached hydrogens (primary N) is 1. The van der Waals surface area contributed by atoms with Crippen molar-refractivity contribution in [1.29, 1.82) is 0 Å². The van der Waals surface area contributed by atoms with Crippen molar-refractivity contribution in [3.8, 4) is 0 Å². The zero-order chi connectivity index (χ0) is 8.97. The van der Waals surface area contributed by atoms with Gasteiger partial charge in [0, 0.05) is 6.20 Å². The molecule has 0 aliphatic heterocycles. The average Bonchev–Trinajstić information content (AvgIpc) is 2.51. The van der Waals surface area contributed by atoms with Gasteiger partial charge in [0.05, 0.1) is 11.4 Å². The summed E-state index contributed by atoms with van der Waals surface area (Å²) in [6.45, 7) is 3.69. The van der Waals surface area contributed by atoms with Crippen molar-refractivity contribution >= 4 is 23.0 Å². The van der Waals surface area contributed by atoms with Gasteiger partial charge in [0.1, 0.15) is 0 Å². The lowest BCUT2D eigenvalue weighted by Gasteiger charge is -1.97. The normalized spacial score (nSPS) is 11.2. The van der Waals surface area contributed by atoms with E-state index in [9.17, 15) is 0 Å². The van der Waals surface area contributed by atoms with Gasteiger partial charge in [-0.3, -0.25) is 5.43 Å². The number of H-pyrrole nitrogens is 1. The molecule has 4 nitrogen and oxygen atoms in total. The molecule has 1 heterocycles. The Labute approximate surface area is 75.8 Å². The van der Waals surface area contributed by atoms with Crippen LogP contribution in [0.15, 0.2) is 23.4 Å². The van der Waals surface area contributed by atoms with Crippen LogP contribution in [-0.4, -0.2) is 15.8 Å². The third-order valence-corrected chi connectivity index (χ3v) is 1.30. The molecule has 63 valence electrons. The first-order valence-corrected chi connectivity index (χ1v) is 3.70. The molecule has 1 aromatic rings. The summed E-state index contributed by atoms with van der Waals surface area (Å²) in [5.41, 5.74) is 9.01. The molecule has 0 saturated carbocycles. The van der Waals surface area contributed by atoms with Crippen LogP contribution < -0.4 is 11.2 Å². The van der Waals surface area contributed by atoms with E-state index in [-0.39, 0.29) is 5.11 Å². The van der Waals surface area contributed by atoms with Crippen LogP contribution in [-0.2, 0) is 0 Å². The molecule has 12 heavy (non-hydrogen) atoms. The van der Waals surface area contributed by atoms with Crippen molar-refractivity contribution in [2.24, 2.45) is 10.8 Å². The Hall–Kier alpha value is -1.36. The molecule has 4 N–H and O–H groups in total. The summed E-state index contributed by atoms with van der Waals surface area (Å²) in [6.07, 6.45) is 1.79. The van der Waals surface area contributed by atoms with Gasteiger partial charge in [-0.05, 0) is 31.3 Å². The number of rotatable bonds is 2. The number of aromatic nitrogens is 1. The summed E-state index contributed by atoms with van der Waals surface area (Å²) in [6, 6.07) is 3.71. The summed E-state index contributed by atoms with van der Waals surface area (Å²) < 4.78 is 0. The Kier molecular flexibility index (Phi) is 2.82. The van der Waals surface area contributed by atoms with Crippen molar-refractivity contribution in [2.75, 3.05) is 0 Å². The molecule has 0 aliphatic rings. The first-order valence-electron chi connectivity index (χ1n) is 3.29. The van der Waals surface area contributed by atoms with E-state index < -0.39 is 0 Å². The molecule has 0 saturated heterocycles. The van der Waals surface area contributed by atoms with Gasteiger partial charge in [0.15, 0.2) is 5.11 Å². The number of aromatic amines is 1. The van der Waals surface area contributed by atoms with E-state index in [0.29, 0.717) is 5.71 Å². The van der Waals surface area contributed by atoms with Crippen LogP contribution in [0.1, 0.15) is 5.69 Å². The molecule has 0 fully saturated rings. The zero-order valence-corrected chi connectivity index (χ0v) is 7.19. The Balaban J connectivity index is 2.65. The van der Waals surface area contributed by atoms with E-state index in [2.05, 4.69) is 34.7 Å². The lowest BCUT2D eigenvalue weighted by molar-refractivity contribution is 1.03. The smallest absolute Gasteiger partial charge is 0.184 e. The monoisotopic (exact) mass is 181 g/mol. The van der Waals surface area contributed by atoms with Crippen LogP contribution >= 0.6 is 12.2 Å². The number of hydrazone groups is 1. The molecule has 0 bridgehead atoms. The second kappa shape index (κ2) is 3.87. The number of hydrogen-bond donors (Lipinski definition) is 3. The van der Waals surface area contributed by atoms with Crippen LogP contribution in [0.4, 0.5) is 0 Å². The van der Waals surface area contributed by atoms with E-state index in [1.807, 2.05) is 12.1 Å². The highest BCUT2D eigenvalue weighted by Gasteiger charge is 1.95. The molecule has 0 spiro atoms. The molecule has 1 rings (SSSR count). The lowest BCUT2D eigenvalue weighted by atomic mass is 10.3. The summed E-state index contributed by atoms with van der Waals surface area (Å²) >= 11 is 4.56. The van der Waals surface area contributed by atoms with Gasteiger partial charge in [-0.1, -0.05) is 0 Å². The Morgan fingerprint density at radius 2 is 2.50 bits per heavy atom. The topological polar surface area (TPSA) is 66.2 Å². The molecule has 0 aromatic carbocycles.